The lowest BCUT2D eigenvalue weighted by Gasteiger charge is -2.12. The van der Waals surface area contributed by atoms with Crippen molar-refractivity contribution in [2.45, 2.75) is 0 Å². The summed E-state index contributed by atoms with van der Waals surface area (Å²) in [6.07, 6.45) is 1.45. The SMILES string of the molecule is COc1cc(C=Nn2c(-c3ccc(Cl)cc3Cl)nc3ccccc3c2=O)ccc1OC(=O)c1ccc(Cl)cc1Cl. The van der Waals surface area contributed by atoms with Gasteiger partial charge in [0.1, 0.15) is 0 Å². The summed E-state index contributed by atoms with van der Waals surface area (Å²) < 4.78 is 12.1. The molecule has 0 amide bonds. The Morgan fingerprint density at radius 2 is 1.60 bits per heavy atom. The molecule has 0 fully saturated rings. The van der Waals surface area contributed by atoms with E-state index in [0.29, 0.717) is 37.1 Å². The molecule has 0 saturated carbocycles. The Bertz CT molecular complexity index is 1870. The second-order valence-electron chi connectivity index (χ2n) is 8.36. The summed E-state index contributed by atoms with van der Waals surface area (Å²) in [6, 6.07) is 21.1. The van der Waals surface area contributed by atoms with Crippen LogP contribution in [0.2, 0.25) is 20.1 Å². The number of hydrogen-bond acceptors (Lipinski definition) is 6. The van der Waals surface area contributed by atoms with Gasteiger partial charge in [0, 0.05) is 15.6 Å². The van der Waals surface area contributed by atoms with Crippen LogP contribution in [0.5, 0.6) is 11.5 Å². The van der Waals surface area contributed by atoms with Crippen molar-refractivity contribution in [3.63, 3.8) is 0 Å². The molecule has 1 aromatic heterocycles. The second kappa shape index (κ2) is 11.7. The molecular formula is C29H17Cl4N3O4. The van der Waals surface area contributed by atoms with Crippen LogP contribution >= 0.6 is 46.4 Å². The predicted molar refractivity (Wildman–Crippen MR) is 159 cm³/mol. The van der Waals surface area contributed by atoms with E-state index in [4.69, 9.17) is 55.9 Å². The molecule has 0 N–H and O–H groups in total. The van der Waals surface area contributed by atoms with Gasteiger partial charge in [-0.3, -0.25) is 4.79 Å². The number of methoxy groups -OCH3 is 1. The molecule has 0 saturated heterocycles. The quantitative estimate of drug-likeness (QED) is 0.111. The van der Waals surface area contributed by atoms with Crippen LogP contribution in [0.25, 0.3) is 22.3 Å². The van der Waals surface area contributed by atoms with Gasteiger partial charge in [-0.2, -0.15) is 9.78 Å². The summed E-state index contributed by atoms with van der Waals surface area (Å²) in [5, 5.41) is 6.12. The Hall–Kier alpha value is -3.88. The minimum absolute atomic E-state index is 0.148. The van der Waals surface area contributed by atoms with Gasteiger partial charge in [0.05, 0.1) is 39.8 Å². The first-order chi connectivity index (χ1) is 19.2. The topological polar surface area (TPSA) is 82.8 Å². The molecule has 5 rings (SSSR count). The molecule has 4 aromatic carbocycles. The molecule has 0 atom stereocenters. The molecule has 0 radical (unpaired) electrons. The number of hydrogen-bond donors (Lipinski definition) is 0. The summed E-state index contributed by atoms with van der Waals surface area (Å²) in [6.45, 7) is 0. The number of esters is 1. The van der Waals surface area contributed by atoms with Crippen molar-refractivity contribution in [2.24, 2.45) is 5.10 Å². The summed E-state index contributed by atoms with van der Waals surface area (Å²) in [5.41, 5.74) is 1.28. The normalized spacial score (nSPS) is 11.2. The number of rotatable bonds is 6. The molecule has 0 bridgehead atoms. The molecule has 7 nitrogen and oxygen atoms in total. The molecule has 11 heteroatoms. The van der Waals surface area contributed by atoms with E-state index >= 15 is 0 Å². The highest BCUT2D eigenvalue weighted by Gasteiger charge is 2.17. The summed E-state index contributed by atoms with van der Waals surface area (Å²) in [7, 11) is 1.43. The smallest absolute Gasteiger partial charge is 0.345 e. The van der Waals surface area contributed by atoms with Gasteiger partial charge in [0.2, 0.25) is 0 Å². The average molecular weight is 613 g/mol. The molecule has 0 spiro atoms. The number of para-hydroxylation sites is 1. The molecule has 0 aliphatic rings. The zero-order chi connectivity index (χ0) is 28.4. The van der Waals surface area contributed by atoms with Gasteiger partial charge < -0.3 is 9.47 Å². The lowest BCUT2D eigenvalue weighted by atomic mass is 10.2. The van der Waals surface area contributed by atoms with E-state index in [9.17, 15) is 9.59 Å². The minimum Gasteiger partial charge on any atom is -0.493 e. The fraction of sp³-hybridized carbons (Fsp3) is 0.0345. The van der Waals surface area contributed by atoms with Crippen molar-refractivity contribution in [2.75, 3.05) is 7.11 Å². The van der Waals surface area contributed by atoms with Crippen molar-refractivity contribution < 1.29 is 14.3 Å². The summed E-state index contributed by atoms with van der Waals surface area (Å²) in [4.78, 5) is 30.8. The van der Waals surface area contributed by atoms with E-state index in [1.54, 1.807) is 60.7 Å². The fourth-order valence-electron chi connectivity index (χ4n) is 3.86. The Labute approximate surface area is 248 Å². The highest BCUT2D eigenvalue weighted by molar-refractivity contribution is 6.37. The third-order valence-corrected chi connectivity index (χ3v) is 6.89. The highest BCUT2D eigenvalue weighted by Crippen LogP contribution is 2.31. The number of halogens is 4. The van der Waals surface area contributed by atoms with E-state index in [0.717, 1.165) is 0 Å². The highest BCUT2D eigenvalue weighted by atomic mass is 35.5. The van der Waals surface area contributed by atoms with E-state index in [-0.39, 0.29) is 33.5 Å². The molecule has 200 valence electrons. The first kappa shape index (κ1) is 27.7. The molecule has 40 heavy (non-hydrogen) atoms. The lowest BCUT2D eigenvalue weighted by Crippen LogP contribution is -2.20. The standard InChI is InChI=1S/C29H17Cl4N3O4/c1-39-26-12-16(6-11-25(26)40-29(38)20-10-8-18(31)14-23(20)33)15-34-36-27(19-9-7-17(30)13-22(19)32)35-24-5-3-2-4-21(24)28(36)37/h2-15H,1H3. The Balaban J connectivity index is 1.52. The third kappa shape index (κ3) is 5.69. The number of benzene rings is 4. The van der Waals surface area contributed by atoms with E-state index in [1.165, 1.54) is 36.2 Å². The van der Waals surface area contributed by atoms with Crippen LogP contribution in [0.4, 0.5) is 0 Å². The largest absolute Gasteiger partial charge is 0.493 e. The van der Waals surface area contributed by atoms with Crippen LogP contribution in [-0.4, -0.2) is 29.0 Å². The van der Waals surface area contributed by atoms with Crippen LogP contribution < -0.4 is 15.0 Å². The predicted octanol–water partition coefficient (Wildman–Crippen LogP) is 7.79. The zero-order valence-corrected chi connectivity index (χ0v) is 23.6. The van der Waals surface area contributed by atoms with Crippen LogP contribution in [0.15, 0.2) is 88.8 Å². The van der Waals surface area contributed by atoms with Crippen molar-refractivity contribution in [1.29, 1.82) is 0 Å². The monoisotopic (exact) mass is 611 g/mol. The Morgan fingerprint density at radius 3 is 2.33 bits per heavy atom. The van der Waals surface area contributed by atoms with Crippen LogP contribution in [0.3, 0.4) is 0 Å². The third-order valence-electron chi connectivity index (χ3n) is 5.79. The molecular weight excluding hydrogens is 596 g/mol. The van der Waals surface area contributed by atoms with Crippen molar-refractivity contribution in [3.05, 3.63) is 120 Å². The number of nitrogens with zero attached hydrogens (tertiary/aromatic N) is 3. The molecule has 1 heterocycles. The molecule has 5 aromatic rings. The molecule has 0 aliphatic heterocycles. The number of aromatic nitrogens is 2. The van der Waals surface area contributed by atoms with Gasteiger partial charge in [-0.1, -0.05) is 58.5 Å². The maximum Gasteiger partial charge on any atom is 0.345 e. The number of ether oxygens (including phenoxy) is 2. The van der Waals surface area contributed by atoms with Gasteiger partial charge in [0.25, 0.3) is 5.56 Å². The van der Waals surface area contributed by atoms with E-state index < -0.39 is 5.97 Å². The number of fused-ring (bicyclic) bond motifs is 1. The maximum atomic E-state index is 13.4. The van der Waals surface area contributed by atoms with Crippen LogP contribution in [0.1, 0.15) is 15.9 Å². The maximum absolute atomic E-state index is 13.4. The van der Waals surface area contributed by atoms with Gasteiger partial charge >= 0.3 is 5.97 Å². The Morgan fingerprint density at radius 1 is 0.875 bits per heavy atom. The van der Waals surface area contributed by atoms with Gasteiger partial charge in [-0.15, -0.1) is 0 Å². The van der Waals surface area contributed by atoms with Crippen molar-refractivity contribution >= 4 is 69.5 Å². The number of carbonyl (C=O) groups excluding carboxylic acids is 1. The summed E-state index contributed by atoms with van der Waals surface area (Å²) in [5.74, 6) is -0.0280. The Kier molecular flexibility index (Phi) is 8.09. The zero-order valence-electron chi connectivity index (χ0n) is 20.6. The van der Waals surface area contributed by atoms with Gasteiger partial charge in [-0.05, 0) is 72.3 Å². The lowest BCUT2D eigenvalue weighted by molar-refractivity contribution is 0.0730. The van der Waals surface area contributed by atoms with E-state index in [1.807, 2.05) is 0 Å². The van der Waals surface area contributed by atoms with E-state index in [2.05, 4.69) is 10.1 Å². The van der Waals surface area contributed by atoms with Crippen LogP contribution in [-0.2, 0) is 0 Å². The van der Waals surface area contributed by atoms with Gasteiger partial charge in [-0.25, -0.2) is 9.78 Å². The first-order valence-electron chi connectivity index (χ1n) is 11.6. The molecule has 0 unspecified atom stereocenters. The second-order valence-corrected chi connectivity index (χ2v) is 10.0. The van der Waals surface area contributed by atoms with Crippen molar-refractivity contribution in [1.82, 2.24) is 9.66 Å². The minimum atomic E-state index is -0.681. The first-order valence-corrected chi connectivity index (χ1v) is 13.1. The average Bonchev–Trinajstić information content (AvgIpc) is 2.93. The van der Waals surface area contributed by atoms with Crippen molar-refractivity contribution in [3.8, 4) is 22.9 Å². The number of carbonyl (C=O) groups is 1. The summed E-state index contributed by atoms with van der Waals surface area (Å²) >= 11 is 24.6. The fourth-order valence-corrected chi connectivity index (χ4v) is 4.84. The van der Waals surface area contributed by atoms with Gasteiger partial charge in [0.15, 0.2) is 17.3 Å². The van der Waals surface area contributed by atoms with Crippen LogP contribution in [0, 0.1) is 0 Å². The molecule has 0 aliphatic carbocycles.